The van der Waals surface area contributed by atoms with E-state index in [9.17, 15) is 9.59 Å². The predicted octanol–water partition coefficient (Wildman–Crippen LogP) is 0.956. The van der Waals surface area contributed by atoms with Crippen molar-refractivity contribution in [2.24, 2.45) is 0 Å². The van der Waals surface area contributed by atoms with Gasteiger partial charge in [0.05, 0.1) is 19.1 Å². The molecule has 0 spiro atoms. The van der Waals surface area contributed by atoms with Crippen LogP contribution in [0.1, 0.15) is 6.42 Å². The average molecular weight is 268 g/mol. The first-order valence-electron chi connectivity index (χ1n) is 6.17. The summed E-state index contributed by atoms with van der Waals surface area (Å²) in [6.07, 6.45) is 2.77. The van der Waals surface area contributed by atoms with Crippen LogP contribution in [0.5, 0.6) is 0 Å². The molecular weight excluding hydrogens is 248 g/mol. The van der Waals surface area contributed by atoms with Crippen molar-refractivity contribution in [1.29, 1.82) is 0 Å². The standard InChI is InChI=1S/C13H20N2O4/c1-3-5-14(6-4-2)13(18)15-7-8-19-11(10-15)9-12(16)17/h3-4,11H,1-2,5-10H2,(H,16,17). The van der Waals surface area contributed by atoms with Gasteiger partial charge < -0.3 is 19.6 Å². The van der Waals surface area contributed by atoms with Crippen LogP contribution in [0.2, 0.25) is 0 Å². The van der Waals surface area contributed by atoms with Gasteiger partial charge in [0.15, 0.2) is 0 Å². The molecule has 0 aliphatic carbocycles. The Morgan fingerprint density at radius 2 is 2.00 bits per heavy atom. The number of hydrogen-bond donors (Lipinski definition) is 1. The molecular formula is C13H20N2O4. The van der Waals surface area contributed by atoms with Gasteiger partial charge in [0.2, 0.25) is 0 Å². The first-order valence-corrected chi connectivity index (χ1v) is 6.17. The molecule has 1 atom stereocenters. The van der Waals surface area contributed by atoms with Crippen LogP contribution >= 0.6 is 0 Å². The summed E-state index contributed by atoms with van der Waals surface area (Å²) in [5, 5.41) is 8.75. The van der Waals surface area contributed by atoms with Crippen molar-refractivity contribution < 1.29 is 19.4 Å². The van der Waals surface area contributed by atoms with Crippen LogP contribution in [0.3, 0.4) is 0 Å². The largest absolute Gasteiger partial charge is 0.481 e. The van der Waals surface area contributed by atoms with Crippen molar-refractivity contribution >= 4 is 12.0 Å². The van der Waals surface area contributed by atoms with Crippen molar-refractivity contribution in [2.45, 2.75) is 12.5 Å². The zero-order valence-electron chi connectivity index (χ0n) is 11.0. The predicted molar refractivity (Wildman–Crippen MR) is 70.9 cm³/mol. The Balaban J connectivity index is 2.61. The summed E-state index contributed by atoms with van der Waals surface area (Å²) in [5.74, 6) is -0.923. The fourth-order valence-corrected chi connectivity index (χ4v) is 1.95. The number of carbonyl (C=O) groups is 2. The van der Waals surface area contributed by atoms with Gasteiger partial charge in [-0.3, -0.25) is 4.79 Å². The molecule has 0 aromatic heterocycles. The Morgan fingerprint density at radius 3 is 2.53 bits per heavy atom. The van der Waals surface area contributed by atoms with Gasteiger partial charge >= 0.3 is 12.0 Å². The van der Waals surface area contributed by atoms with Crippen LogP contribution in [0, 0.1) is 0 Å². The van der Waals surface area contributed by atoms with E-state index in [1.807, 2.05) is 0 Å². The first-order chi connectivity index (χ1) is 9.08. The van der Waals surface area contributed by atoms with E-state index in [1.165, 1.54) is 0 Å². The highest BCUT2D eigenvalue weighted by atomic mass is 16.5. The zero-order chi connectivity index (χ0) is 14.3. The summed E-state index contributed by atoms with van der Waals surface area (Å²) < 4.78 is 5.34. The smallest absolute Gasteiger partial charge is 0.320 e. The molecule has 1 aliphatic heterocycles. The monoisotopic (exact) mass is 268 g/mol. The molecule has 0 bridgehead atoms. The maximum Gasteiger partial charge on any atom is 0.320 e. The van der Waals surface area contributed by atoms with Crippen LogP contribution in [0.4, 0.5) is 4.79 Å². The number of aliphatic carboxylic acids is 1. The zero-order valence-corrected chi connectivity index (χ0v) is 11.0. The molecule has 19 heavy (non-hydrogen) atoms. The van der Waals surface area contributed by atoms with E-state index >= 15 is 0 Å². The summed E-state index contributed by atoms with van der Waals surface area (Å²) in [6.45, 7) is 9.24. The number of carbonyl (C=O) groups excluding carboxylic acids is 1. The molecule has 0 saturated carbocycles. The Labute approximate surface area is 112 Å². The summed E-state index contributed by atoms with van der Waals surface area (Å²) in [4.78, 5) is 26.1. The van der Waals surface area contributed by atoms with Crippen LogP contribution in [-0.4, -0.2) is 65.8 Å². The lowest BCUT2D eigenvalue weighted by Gasteiger charge is -2.35. The van der Waals surface area contributed by atoms with E-state index in [1.54, 1.807) is 22.0 Å². The third kappa shape index (κ3) is 4.75. The lowest BCUT2D eigenvalue weighted by molar-refractivity contribution is -0.141. The second-order valence-corrected chi connectivity index (χ2v) is 4.30. The van der Waals surface area contributed by atoms with Crippen LogP contribution < -0.4 is 0 Å². The Kier molecular flexibility index (Phi) is 6.08. The normalized spacial score (nSPS) is 18.7. The number of amides is 2. The van der Waals surface area contributed by atoms with Gasteiger partial charge in [0.1, 0.15) is 0 Å². The molecule has 0 radical (unpaired) electrons. The minimum Gasteiger partial charge on any atom is -0.481 e. The Bertz CT molecular complexity index is 347. The number of hydrogen-bond acceptors (Lipinski definition) is 3. The number of rotatable bonds is 6. The molecule has 1 aliphatic rings. The van der Waals surface area contributed by atoms with Gasteiger partial charge in [-0.1, -0.05) is 12.2 Å². The molecule has 2 amide bonds. The number of urea groups is 1. The molecule has 1 heterocycles. The Hall–Kier alpha value is -1.82. The number of nitrogens with zero attached hydrogens (tertiary/aromatic N) is 2. The topological polar surface area (TPSA) is 70.1 Å². The van der Waals surface area contributed by atoms with Crippen molar-refractivity contribution in [1.82, 2.24) is 9.80 Å². The van der Waals surface area contributed by atoms with Gasteiger partial charge in [-0.25, -0.2) is 4.79 Å². The van der Waals surface area contributed by atoms with E-state index in [0.717, 1.165) is 0 Å². The van der Waals surface area contributed by atoms with E-state index < -0.39 is 12.1 Å². The van der Waals surface area contributed by atoms with Crippen molar-refractivity contribution in [3.05, 3.63) is 25.3 Å². The third-order valence-electron chi connectivity index (χ3n) is 2.78. The second-order valence-electron chi connectivity index (χ2n) is 4.30. The summed E-state index contributed by atoms with van der Waals surface area (Å²) in [5.41, 5.74) is 0. The molecule has 0 aromatic rings. The number of carboxylic acids is 1. The first kappa shape index (κ1) is 15.2. The van der Waals surface area contributed by atoms with Crippen LogP contribution in [0.25, 0.3) is 0 Å². The van der Waals surface area contributed by atoms with Gasteiger partial charge in [0, 0.05) is 26.2 Å². The highest BCUT2D eigenvalue weighted by Crippen LogP contribution is 2.11. The molecule has 1 unspecified atom stereocenters. The molecule has 1 N–H and O–H groups in total. The van der Waals surface area contributed by atoms with E-state index in [4.69, 9.17) is 9.84 Å². The highest BCUT2D eigenvalue weighted by Gasteiger charge is 2.28. The van der Waals surface area contributed by atoms with Gasteiger partial charge in [-0.15, -0.1) is 13.2 Å². The highest BCUT2D eigenvalue weighted by molar-refractivity contribution is 5.75. The maximum atomic E-state index is 12.3. The molecule has 1 rings (SSSR count). The number of ether oxygens (including phenoxy) is 1. The quantitative estimate of drug-likeness (QED) is 0.728. The fraction of sp³-hybridized carbons (Fsp3) is 0.538. The summed E-state index contributed by atoms with van der Waals surface area (Å²) >= 11 is 0. The summed E-state index contributed by atoms with van der Waals surface area (Å²) in [6, 6.07) is -0.140. The van der Waals surface area contributed by atoms with Gasteiger partial charge in [0.25, 0.3) is 0 Å². The van der Waals surface area contributed by atoms with E-state index in [2.05, 4.69) is 13.2 Å². The number of carboxylic acid groups (broad SMARTS) is 1. The lowest BCUT2D eigenvalue weighted by atomic mass is 10.2. The van der Waals surface area contributed by atoms with Crippen LogP contribution in [-0.2, 0) is 9.53 Å². The molecule has 6 nitrogen and oxygen atoms in total. The van der Waals surface area contributed by atoms with Crippen LogP contribution in [0.15, 0.2) is 25.3 Å². The number of morpholine rings is 1. The van der Waals surface area contributed by atoms with Crippen molar-refractivity contribution in [3.63, 3.8) is 0 Å². The minimum absolute atomic E-state index is 0.0906. The molecule has 106 valence electrons. The lowest BCUT2D eigenvalue weighted by Crippen LogP contribution is -2.51. The molecule has 1 fully saturated rings. The van der Waals surface area contributed by atoms with E-state index in [-0.39, 0.29) is 12.5 Å². The SMILES string of the molecule is C=CCN(CC=C)C(=O)N1CCOC(CC(=O)O)C1. The maximum absolute atomic E-state index is 12.3. The summed E-state index contributed by atoms with van der Waals surface area (Å²) in [7, 11) is 0. The average Bonchev–Trinajstić information content (AvgIpc) is 2.37. The third-order valence-corrected chi connectivity index (χ3v) is 2.78. The molecule has 1 saturated heterocycles. The van der Waals surface area contributed by atoms with Crippen molar-refractivity contribution in [2.75, 3.05) is 32.8 Å². The van der Waals surface area contributed by atoms with Crippen molar-refractivity contribution in [3.8, 4) is 0 Å². The molecule has 6 heteroatoms. The minimum atomic E-state index is -0.923. The van der Waals surface area contributed by atoms with E-state index in [0.29, 0.717) is 32.8 Å². The second kappa shape index (κ2) is 7.58. The fourth-order valence-electron chi connectivity index (χ4n) is 1.95. The Morgan fingerprint density at radius 1 is 1.37 bits per heavy atom. The molecule has 0 aromatic carbocycles. The van der Waals surface area contributed by atoms with Gasteiger partial charge in [-0.05, 0) is 0 Å². The van der Waals surface area contributed by atoms with Gasteiger partial charge in [-0.2, -0.15) is 0 Å².